The third-order valence-corrected chi connectivity index (χ3v) is 1.47. The van der Waals surface area contributed by atoms with E-state index in [0.717, 1.165) is 17.1 Å². The van der Waals surface area contributed by atoms with Crippen molar-refractivity contribution in [3.05, 3.63) is 23.8 Å². The fourth-order valence-electron chi connectivity index (χ4n) is 0.944. The quantitative estimate of drug-likeness (QED) is 0.582. The molecule has 0 aromatic heterocycles. The Kier molecular flexibility index (Phi) is 1.05. The van der Waals surface area contributed by atoms with Crippen molar-refractivity contribution in [1.82, 2.24) is 5.64 Å². The number of nitrogens with one attached hydrogen (secondary N) is 1. The monoisotopic (exact) mass is 137 g/mol. The van der Waals surface area contributed by atoms with E-state index in [2.05, 4.69) is 5.64 Å². The van der Waals surface area contributed by atoms with Crippen molar-refractivity contribution in [2.24, 2.45) is 0 Å². The second kappa shape index (κ2) is 1.88. The van der Waals surface area contributed by atoms with Gasteiger partial charge in [0.1, 0.15) is 0 Å². The van der Waals surface area contributed by atoms with Crippen LogP contribution in [0.5, 0.6) is 11.5 Å². The predicted octanol–water partition coefficient (Wildman–Crippen LogP) is 1.19. The van der Waals surface area contributed by atoms with Gasteiger partial charge in [-0.25, -0.2) is 0 Å². The van der Waals surface area contributed by atoms with E-state index < -0.39 is 0 Å². The Morgan fingerprint density at radius 1 is 1.30 bits per heavy atom. The summed E-state index contributed by atoms with van der Waals surface area (Å²) in [6.45, 7) is 1.97. The molecule has 0 amide bonds. The van der Waals surface area contributed by atoms with Crippen molar-refractivity contribution >= 4 is 0 Å². The molecule has 0 saturated carbocycles. The van der Waals surface area contributed by atoms with Gasteiger partial charge in [-0.05, 0) is 18.6 Å². The fourth-order valence-corrected chi connectivity index (χ4v) is 0.944. The molecule has 0 bridgehead atoms. The summed E-state index contributed by atoms with van der Waals surface area (Å²) in [4.78, 5) is 9.86. The van der Waals surface area contributed by atoms with E-state index in [1.807, 2.05) is 25.1 Å². The van der Waals surface area contributed by atoms with Gasteiger partial charge in [0.15, 0.2) is 11.5 Å². The van der Waals surface area contributed by atoms with Gasteiger partial charge in [-0.15, -0.1) is 0 Å². The van der Waals surface area contributed by atoms with Gasteiger partial charge in [0.05, 0.1) is 0 Å². The van der Waals surface area contributed by atoms with Gasteiger partial charge in [-0.1, -0.05) is 12.1 Å². The minimum absolute atomic E-state index is 0.750. The van der Waals surface area contributed by atoms with Crippen molar-refractivity contribution in [2.45, 2.75) is 6.92 Å². The molecule has 0 spiro atoms. The molecule has 0 fully saturated rings. The van der Waals surface area contributed by atoms with Crippen LogP contribution in [0.15, 0.2) is 18.2 Å². The van der Waals surface area contributed by atoms with Crippen LogP contribution in [-0.2, 0) is 0 Å². The Hall–Kier alpha value is -1.22. The normalized spacial score (nSPS) is 13.7. The van der Waals surface area contributed by atoms with Gasteiger partial charge in [-0.2, -0.15) is 0 Å². The topological polar surface area (TPSA) is 30.5 Å². The van der Waals surface area contributed by atoms with E-state index >= 15 is 0 Å². The number of aryl methyl sites for hydroxylation is 1. The summed E-state index contributed by atoms with van der Waals surface area (Å²) < 4.78 is 0. The van der Waals surface area contributed by atoms with Crippen molar-refractivity contribution in [3.63, 3.8) is 0 Å². The number of hydrogen-bond donors (Lipinski definition) is 1. The van der Waals surface area contributed by atoms with E-state index in [-0.39, 0.29) is 0 Å². The Balaban J connectivity index is 2.59. The summed E-state index contributed by atoms with van der Waals surface area (Å²) >= 11 is 0. The zero-order valence-corrected chi connectivity index (χ0v) is 5.55. The van der Waals surface area contributed by atoms with Crippen molar-refractivity contribution in [1.29, 1.82) is 0 Å². The number of fused-ring (bicyclic) bond motifs is 1. The van der Waals surface area contributed by atoms with Crippen LogP contribution in [0.25, 0.3) is 0 Å². The van der Waals surface area contributed by atoms with Gasteiger partial charge in [0.25, 0.3) is 0 Å². The van der Waals surface area contributed by atoms with Crippen LogP contribution in [0.1, 0.15) is 5.56 Å². The number of hydrogen-bond acceptors (Lipinski definition) is 3. The van der Waals surface area contributed by atoms with Crippen LogP contribution in [0, 0.1) is 6.92 Å². The summed E-state index contributed by atoms with van der Waals surface area (Å²) in [5, 5.41) is 0. The van der Waals surface area contributed by atoms with E-state index in [1.54, 1.807) is 0 Å². The molecule has 0 radical (unpaired) electrons. The number of para-hydroxylation sites is 1. The van der Waals surface area contributed by atoms with Gasteiger partial charge < -0.3 is 9.68 Å². The lowest BCUT2D eigenvalue weighted by Crippen LogP contribution is -2.14. The summed E-state index contributed by atoms with van der Waals surface area (Å²) in [6, 6.07) is 5.74. The molecule has 1 aromatic carbocycles. The predicted molar refractivity (Wildman–Crippen MR) is 35.6 cm³/mol. The van der Waals surface area contributed by atoms with Crippen LogP contribution < -0.4 is 15.3 Å². The molecule has 2 rings (SSSR count). The average Bonchev–Trinajstić information content (AvgIpc) is 2.36. The highest BCUT2D eigenvalue weighted by Gasteiger charge is 2.14. The Morgan fingerprint density at radius 2 is 2.20 bits per heavy atom. The lowest BCUT2D eigenvalue weighted by Gasteiger charge is -1.94. The Labute approximate surface area is 58.5 Å². The number of benzene rings is 1. The lowest BCUT2D eigenvalue weighted by molar-refractivity contribution is 0.0256. The van der Waals surface area contributed by atoms with E-state index in [0.29, 0.717) is 0 Å². The van der Waals surface area contributed by atoms with Crippen molar-refractivity contribution in [2.75, 3.05) is 0 Å². The first-order valence-corrected chi connectivity index (χ1v) is 3.06. The van der Waals surface area contributed by atoms with Gasteiger partial charge in [0, 0.05) is 5.64 Å². The maximum atomic E-state index is 4.96. The molecule has 1 aliphatic rings. The summed E-state index contributed by atoms with van der Waals surface area (Å²) in [7, 11) is 0. The minimum Gasteiger partial charge on any atom is -0.370 e. The first-order chi connectivity index (χ1) is 4.88. The van der Waals surface area contributed by atoms with Crippen LogP contribution in [-0.4, -0.2) is 0 Å². The molecule has 3 nitrogen and oxygen atoms in total. The van der Waals surface area contributed by atoms with Crippen molar-refractivity contribution < 1.29 is 9.68 Å². The van der Waals surface area contributed by atoms with Crippen LogP contribution >= 0.6 is 0 Å². The molecule has 0 aliphatic carbocycles. The minimum atomic E-state index is 0.750. The molecule has 0 saturated heterocycles. The second-order valence-corrected chi connectivity index (χ2v) is 2.19. The third kappa shape index (κ3) is 0.642. The summed E-state index contributed by atoms with van der Waals surface area (Å²) in [5.74, 6) is 1.53. The summed E-state index contributed by atoms with van der Waals surface area (Å²) in [6.07, 6.45) is 0. The molecule has 52 valence electrons. The molecule has 10 heavy (non-hydrogen) atoms. The van der Waals surface area contributed by atoms with Gasteiger partial charge >= 0.3 is 0 Å². The first-order valence-electron chi connectivity index (χ1n) is 3.06. The highest BCUT2D eigenvalue weighted by atomic mass is 16.9. The van der Waals surface area contributed by atoms with Crippen LogP contribution in [0.4, 0.5) is 0 Å². The highest BCUT2D eigenvalue weighted by Crippen LogP contribution is 2.32. The maximum absolute atomic E-state index is 4.96. The lowest BCUT2D eigenvalue weighted by atomic mass is 10.2. The van der Waals surface area contributed by atoms with E-state index in [9.17, 15) is 0 Å². The maximum Gasteiger partial charge on any atom is 0.198 e. The molecular formula is C7H7NO2. The van der Waals surface area contributed by atoms with Gasteiger partial charge in [0.2, 0.25) is 0 Å². The molecule has 0 unspecified atom stereocenters. The van der Waals surface area contributed by atoms with E-state index in [4.69, 9.17) is 9.68 Å². The highest BCUT2D eigenvalue weighted by molar-refractivity contribution is 5.46. The summed E-state index contributed by atoms with van der Waals surface area (Å²) in [5.41, 5.74) is 3.40. The molecule has 0 atom stereocenters. The smallest absolute Gasteiger partial charge is 0.198 e. The van der Waals surface area contributed by atoms with E-state index in [1.165, 1.54) is 0 Å². The standard InChI is InChI=1S/C7H7NO2/c1-5-3-2-4-6-7(5)10-8-9-6/h2-4,8H,1H3. The zero-order chi connectivity index (χ0) is 6.97. The SMILES string of the molecule is Cc1cccc2c1ONO2. The zero-order valence-electron chi connectivity index (χ0n) is 5.55. The molecule has 1 aromatic rings. The largest absolute Gasteiger partial charge is 0.370 e. The fraction of sp³-hybridized carbons (Fsp3) is 0.143. The first kappa shape index (κ1) is 5.56. The molecule has 1 N–H and O–H groups in total. The number of rotatable bonds is 0. The third-order valence-electron chi connectivity index (χ3n) is 1.47. The molecular weight excluding hydrogens is 130 g/mol. The Bertz CT molecular complexity index is 260. The second-order valence-electron chi connectivity index (χ2n) is 2.19. The average molecular weight is 137 g/mol. The van der Waals surface area contributed by atoms with Crippen LogP contribution in [0.2, 0.25) is 0 Å². The Morgan fingerprint density at radius 3 is 3.00 bits per heavy atom. The molecule has 3 heteroatoms. The molecule has 1 aliphatic heterocycles. The van der Waals surface area contributed by atoms with Crippen molar-refractivity contribution in [3.8, 4) is 11.5 Å². The van der Waals surface area contributed by atoms with Crippen LogP contribution in [0.3, 0.4) is 0 Å². The van der Waals surface area contributed by atoms with Gasteiger partial charge in [-0.3, -0.25) is 0 Å². The molecule has 1 heterocycles.